The van der Waals surface area contributed by atoms with Crippen LogP contribution in [0.2, 0.25) is 0 Å². The topological polar surface area (TPSA) is 55.5 Å². The maximum absolute atomic E-state index is 9.38. The zero-order valence-electron chi connectivity index (χ0n) is 6.25. The summed E-state index contributed by atoms with van der Waals surface area (Å²) < 4.78 is 6.11. The maximum atomic E-state index is 9.38. The second-order valence-corrected chi connectivity index (χ2v) is 3.81. The van der Waals surface area contributed by atoms with Crippen molar-refractivity contribution in [1.29, 1.82) is 0 Å². The first-order valence-corrected chi connectivity index (χ1v) is 4.68. The summed E-state index contributed by atoms with van der Waals surface area (Å²) in [5.41, 5.74) is 6.70. The number of halogens is 1. The molecule has 1 atom stereocenters. The van der Waals surface area contributed by atoms with Gasteiger partial charge in [-0.2, -0.15) is 0 Å². The predicted molar refractivity (Wildman–Crippen MR) is 53.2 cm³/mol. The highest BCUT2D eigenvalue weighted by Gasteiger charge is 2.24. The lowest BCUT2D eigenvalue weighted by Crippen LogP contribution is -2.11. The Balaban J connectivity index is 2.63. The smallest absolute Gasteiger partial charge is 0.129 e. The third-order valence-corrected chi connectivity index (χ3v) is 3.04. The lowest BCUT2D eigenvalue weighted by molar-refractivity contribution is 0.333. The number of fused-ring (bicyclic) bond motifs is 1. The molecule has 12 heavy (non-hydrogen) atoms. The molecule has 0 radical (unpaired) electrons. The number of ether oxygens (including phenoxy) is 1. The van der Waals surface area contributed by atoms with Crippen molar-refractivity contribution < 1.29 is 9.84 Å². The molecule has 1 aliphatic heterocycles. The molecule has 0 amide bonds. The number of nitrogens with two attached hydrogens (primary N) is 1. The normalized spacial score (nSPS) is 20.3. The summed E-state index contributed by atoms with van der Waals surface area (Å²) in [7, 11) is 0. The average Bonchev–Trinajstić information content (AvgIpc) is 2.41. The second-order valence-electron chi connectivity index (χ2n) is 2.73. The molecule has 0 saturated carbocycles. The predicted octanol–water partition coefficient (Wildman–Crippen LogP) is 1.39. The summed E-state index contributed by atoms with van der Waals surface area (Å²) in [5.74, 6) is 1.07. The fourth-order valence-electron chi connectivity index (χ4n) is 1.30. The van der Waals surface area contributed by atoms with Crippen LogP contribution in [0.1, 0.15) is 11.6 Å². The molecule has 0 spiro atoms. The van der Waals surface area contributed by atoms with Crippen LogP contribution in [0.15, 0.2) is 12.1 Å². The molecule has 1 aromatic rings. The average molecular weight is 277 g/mol. The molecule has 4 heteroatoms. The number of phenols is 1. The molecule has 2 rings (SSSR count). The summed E-state index contributed by atoms with van der Waals surface area (Å²) in [5, 5.41) is 9.38. The number of phenolic OH excluding ortho intramolecular Hbond substituents is 1. The van der Waals surface area contributed by atoms with Gasteiger partial charge in [-0.15, -0.1) is 0 Å². The Bertz CT molecular complexity index is 327. The van der Waals surface area contributed by atoms with Gasteiger partial charge in [0.05, 0.1) is 9.61 Å². The van der Waals surface area contributed by atoms with Gasteiger partial charge in [0.25, 0.3) is 0 Å². The van der Waals surface area contributed by atoms with E-state index in [0.29, 0.717) is 6.61 Å². The van der Waals surface area contributed by atoms with Crippen LogP contribution >= 0.6 is 22.6 Å². The fraction of sp³-hybridized carbons (Fsp3) is 0.250. The Morgan fingerprint density at radius 2 is 2.33 bits per heavy atom. The Kier molecular flexibility index (Phi) is 1.88. The summed E-state index contributed by atoms with van der Waals surface area (Å²) in [6.45, 7) is 0.509. The van der Waals surface area contributed by atoms with E-state index in [-0.39, 0.29) is 11.8 Å². The largest absolute Gasteiger partial charge is 0.507 e. The number of hydrogen-bond acceptors (Lipinski definition) is 3. The van der Waals surface area contributed by atoms with Gasteiger partial charge in [-0.05, 0) is 34.7 Å². The molecule has 0 fully saturated rings. The van der Waals surface area contributed by atoms with Gasteiger partial charge in [0.2, 0.25) is 0 Å². The summed E-state index contributed by atoms with van der Waals surface area (Å²) >= 11 is 2.08. The van der Waals surface area contributed by atoms with E-state index in [9.17, 15) is 5.11 Å². The molecule has 0 unspecified atom stereocenters. The van der Waals surface area contributed by atoms with Crippen LogP contribution in [0.3, 0.4) is 0 Å². The lowest BCUT2D eigenvalue weighted by atomic mass is 10.1. The van der Waals surface area contributed by atoms with E-state index in [4.69, 9.17) is 10.5 Å². The minimum atomic E-state index is -0.0981. The third-order valence-electron chi connectivity index (χ3n) is 1.91. The van der Waals surface area contributed by atoms with Crippen LogP contribution in [0, 0.1) is 3.57 Å². The van der Waals surface area contributed by atoms with Gasteiger partial charge in [-0.25, -0.2) is 0 Å². The number of benzene rings is 1. The summed E-state index contributed by atoms with van der Waals surface area (Å²) in [6.07, 6.45) is 0. The molecular weight excluding hydrogens is 269 g/mol. The van der Waals surface area contributed by atoms with E-state index in [0.717, 1.165) is 14.9 Å². The molecule has 1 aliphatic rings. The van der Waals surface area contributed by atoms with Crippen LogP contribution in [0.4, 0.5) is 0 Å². The van der Waals surface area contributed by atoms with Crippen LogP contribution in [-0.2, 0) is 0 Å². The lowest BCUT2D eigenvalue weighted by Gasteiger charge is -2.05. The second kappa shape index (κ2) is 2.77. The molecule has 0 aromatic heterocycles. The molecule has 3 nitrogen and oxygen atoms in total. The molecule has 0 saturated heterocycles. The van der Waals surface area contributed by atoms with E-state index in [1.54, 1.807) is 12.1 Å². The molecule has 0 aliphatic carbocycles. The number of aromatic hydroxyl groups is 1. The van der Waals surface area contributed by atoms with Crippen molar-refractivity contribution in [2.75, 3.05) is 6.61 Å². The van der Waals surface area contributed by atoms with E-state index >= 15 is 0 Å². The van der Waals surface area contributed by atoms with Crippen molar-refractivity contribution >= 4 is 22.6 Å². The Morgan fingerprint density at radius 1 is 1.58 bits per heavy atom. The van der Waals surface area contributed by atoms with Gasteiger partial charge in [-0.3, -0.25) is 0 Å². The van der Waals surface area contributed by atoms with Crippen LogP contribution in [0.5, 0.6) is 11.5 Å². The van der Waals surface area contributed by atoms with Gasteiger partial charge >= 0.3 is 0 Å². The number of hydrogen-bond donors (Lipinski definition) is 2. The van der Waals surface area contributed by atoms with Crippen molar-refractivity contribution in [3.63, 3.8) is 0 Å². The Hall–Kier alpha value is -0.490. The van der Waals surface area contributed by atoms with Gasteiger partial charge in [-0.1, -0.05) is 0 Å². The van der Waals surface area contributed by atoms with Crippen molar-refractivity contribution in [2.24, 2.45) is 5.73 Å². The Labute approximate surface area is 83.7 Å². The zero-order valence-corrected chi connectivity index (χ0v) is 8.41. The third kappa shape index (κ3) is 1.06. The van der Waals surface area contributed by atoms with Gasteiger partial charge in [0.15, 0.2) is 0 Å². The highest BCUT2D eigenvalue weighted by Crippen LogP contribution is 2.38. The molecule has 3 N–H and O–H groups in total. The maximum Gasteiger partial charge on any atom is 0.129 e. The SMILES string of the molecule is N[C@H]1COc2ccc(O)c(I)c21. The van der Waals surface area contributed by atoms with Gasteiger partial charge in [0.1, 0.15) is 18.1 Å². The summed E-state index contributed by atoms with van der Waals surface area (Å²) in [4.78, 5) is 0. The Morgan fingerprint density at radius 3 is 3.08 bits per heavy atom. The van der Waals surface area contributed by atoms with E-state index in [1.165, 1.54) is 0 Å². The highest BCUT2D eigenvalue weighted by molar-refractivity contribution is 14.1. The van der Waals surface area contributed by atoms with Crippen LogP contribution in [0.25, 0.3) is 0 Å². The first-order chi connectivity index (χ1) is 5.70. The zero-order chi connectivity index (χ0) is 8.72. The fourth-order valence-corrected chi connectivity index (χ4v) is 2.14. The highest BCUT2D eigenvalue weighted by atomic mass is 127. The van der Waals surface area contributed by atoms with Gasteiger partial charge < -0.3 is 15.6 Å². The monoisotopic (exact) mass is 277 g/mol. The molecule has 1 heterocycles. The van der Waals surface area contributed by atoms with Crippen LogP contribution < -0.4 is 10.5 Å². The van der Waals surface area contributed by atoms with Crippen molar-refractivity contribution in [1.82, 2.24) is 0 Å². The minimum Gasteiger partial charge on any atom is -0.507 e. The molecule has 0 bridgehead atoms. The molecular formula is C8H8INO2. The molecule has 1 aromatic carbocycles. The van der Waals surface area contributed by atoms with Crippen LogP contribution in [-0.4, -0.2) is 11.7 Å². The number of rotatable bonds is 0. The molecule has 64 valence electrons. The first-order valence-electron chi connectivity index (χ1n) is 3.60. The van der Waals surface area contributed by atoms with E-state index in [2.05, 4.69) is 22.6 Å². The van der Waals surface area contributed by atoms with Crippen molar-refractivity contribution in [3.8, 4) is 11.5 Å². The van der Waals surface area contributed by atoms with E-state index < -0.39 is 0 Å². The van der Waals surface area contributed by atoms with Crippen molar-refractivity contribution in [2.45, 2.75) is 6.04 Å². The quantitative estimate of drug-likeness (QED) is 0.704. The first kappa shape index (κ1) is 8.12. The minimum absolute atomic E-state index is 0.0981. The van der Waals surface area contributed by atoms with Crippen molar-refractivity contribution in [3.05, 3.63) is 21.3 Å². The standard InChI is InChI=1S/C8H8INO2/c9-8-5(11)1-2-6-7(8)4(10)3-12-6/h1-2,4,11H,3,10H2/t4-/m0/s1. The summed E-state index contributed by atoms with van der Waals surface area (Å²) in [6, 6.07) is 3.28. The van der Waals surface area contributed by atoms with E-state index in [1.807, 2.05) is 0 Å². The van der Waals surface area contributed by atoms with Gasteiger partial charge in [0, 0.05) is 5.56 Å².